The summed E-state index contributed by atoms with van der Waals surface area (Å²) in [4.78, 5) is 23.0. The van der Waals surface area contributed by atoms with Gasteiger partial charge in [-0.15, -0.1) is 0 Å². The van der Waals surface area contributed by atoms with Crippen molar-refractivity contribution in [3.63, 3.8) is 0 Å². The Morgan fingerprint density at radius 2 is 1.88 bits per heavy atom. The van der Waals surface area contributed by atoms with Gasteiger partial charge in [-0.25, -0.2) is 0 Å². The van der Waals surface area contributed by atoms with Crippen LogP contribution in [0.3, 0.4) is 0 Å². The summed E-state index contributed by atoms with van der Waals surface area (Å²) in [5.41, 5.74) is 0. The first-order chi connectivity index (χ1) is 8.06. The van der Waals surface area contributed by atoms with Crippen LogP contribution >= 0.6 is 0 Å². The van der Waals surface area contributed by atoms with E-state index in [4.69, 9.17) is 14.9 Å². The maximum absolute atomic E-state index is 11.5. The molecule has 0 saturated carbocycles. The Labute approximate surface area is 101 Å². The molecule has 2 atom stereocenters. The van der Waals surface area contributed by atoms with Crippen LogP contribution in [0.4, 0.5) is 0 Å². The fraction of sp³-hybridized carbons (Fsp3) is 0.818. The first-order valence-electron chi connectivity index (χ1n) is 5.72. The molecule has 0 aliphatic carbocycles. The van der Waals surface area contributed by atoms with Gasteiger partial charge >= 0.3 is 11.9 Å². The van der Waals surface area contributed by atoms with Crippen LogP contribution in [0.1, 0.15) is 33.1 Å². The summed E-state index contributed by atoms with van der Waals surface area (Å²) in [6.45, 7) is 3.45. The van der Waals surface area contributed by atoms with Gasteiger partial charge in [-0.1, -0.05) is 13.8 Å². The Balaban J connectivity index is 4.24. The zero-order valence-electron chi connectivity index (χ0n) is 10.2. The second-order valence-electron chi connectivity index (χ2n) is 3.53. The summed E-state index contributed by atoms with van der Waals surface area (Å²) in [7, 11) is 0. The minimum Gasteiger partial charge on any atom is -0.465 e. The average molecular weight is 248 g/mol. The summed E-state index contributed by atoms with van der Waals surface area (Å²) in [6.07, 6.45) is -0.551. The lowest BCUT2D eigenvalue weighted by Crippen LogP contribution is -2.31. The van der Waals surface area contributed by atoms with Gasteiger partial charge in [0.15, 0.2) is 5.92 Å². The summed E-state index contributed by atoms with van der Waals surface area (Å²) < 4.78 is 9.44. The molecule has 0 amide bonds. The standard InChI is InChI=1S/C11H20O6/c1-3-7-16-10(14)8(4-2)11(15)17-9(13)5-6-12/h8-9,12-13H,3-7H2,1-2H3. The van der Waals surface area contributed by atoms with E-state index in [1.807, 2.05) is 6.92 Å². The SMILES string of the molecule is CCCOC(=O)C(CC)C(=O)OC(O)CCO. The molecule has 0 aromatic heterocycles. The molecule has 0 aromatic carbocycles. The highest BCUT2D eigenvalue weighted by atomic mass is 16.6. The third-order valence-corrected chi connectivity index (χ3v) is 2.05. The predicted molar refractivity (Wildman–Crippen MR) is 58.8 cm³/mol. The Kier molecular flexibility index (Phi) is 8.35. The van der Waals surface area contributed by atoms with E-state index in [0.717, 1.165) is 0 Å². The number of aliphatic hydroxyl groups excluding tert-OH is 2. The third-order valence-electron chi connectivity index (χ3n) is 2.05. The quantitative estimate of drug-likeness (QED) is 0.362. The van der Waals surface area contributed by atoms with Gasteiger partial charge in [0.2, 0.25) is 6.29 Å². The van der Waals surface area contributed by atoms with Crippen LogP contribution in [0, 0.1) is 5.92 Å². The molecule has 6 nitrogen and oxygen atoms in total. The van der Waals surface area contributed by atoms with Gasteiger partial charge in [0.25, 0.3) is 0 Å². The van der Waals surface area contributed by atoms with E-state index >= 15 is 0 Å². The zero-order chi connectivity index (χ0) is 13.3. The van der Waals surface area contributed by atoms with Gasteiger partial charge in [-0.05, 0) is 12.8 Å². The molecule has 0 bridgehead atoms. The zero-order valence-corrected chi connectivity index (χ0v) is 10.2. The van der Waals surface area contributed by atoms with Gasteiger partial charge in [-0.2, -0.15) is 0 Å². The lowest BCUT2D eigenvalue weighted by atomic mass is 10.1. The number of ether oxygens (including phenoxy) is 2. The molecule has 0 saturated heterocycles. The molecule has 100 valence electrons. The second kappa shape index (κ2) is 8.95. The normalized spacial score (nSPS) is 13.9. The second-order valence-corrected chi connectivity index (χ2v) is 3.53. The summed E-state index contributed by atoms with van der Waals surface area (Å²) in [5.74, 6) is -2.49. The van der Waals surface area contributed by atoms with E-state index in [1.54, 1.807) is 6.92 Å². The average Bonchev–Trinajstić information content (AvgIpc) is 2.27. The van der Waals surface area contributed by atoms with Crippen molar-refractivity contribution in [2.24, 2.45) is 5.92 Å². The molecule has 0 aliphatic heterocycles. The molecule has 2 unspecified atom stereocenters. The Hall–Kier alpha value is -1.14. The monoisotopic (exact) mass is 248 g/mol. The molecule has 0 fully saturated rings. The predicted octanol–water partition coefficient (Wildman–Crippen LogP) is 0.210. The lowest BCUT2D eigenvalue weighted by molar-refractivity contribution is -0.180. The van der Waals surface area contributed by atoms with Crippen LogP contribution in [0.25, 0.3) is 0 Å². The van der Waals surface area contributed by atoms with Gasteiger partial charge in [-0.3, -0.25) is 9.59 Å². The van der Waals surface area contributed by atoms with Crippen molar-refractivity contribution >= 4 is 11.9 Å². The van der Waals surface area contributed by atoms with Crippen molar-refractivity contribution in [2.45, 2.75) is 39.4 Å². The largest absolute Gasteiger partial charge is 0.465 e. The van der Waals surface area contributed by atoms with Crippen LogP contribution in [0.2, 0.25) is 0 Å². The number of carbonyl (C=O) groups excluding carboxylic acids is 2. The molecule has 0 aromatic rings. The topological polar surface area (TPSA) is 93.1 Å². The van der Waals surface area contributed by atoms with Gasteiger partial charge in [0.1, 0.15) is 0 Å². The van der Waals surface area contributed by atoms with Crippen LogP contribution in [-0.4, -0.2) is 41.7 Å². The van der Waals surface area contributed by atoms with Crippen molar-refractivity contribution in [1.82, 2.24) is 0 Å². The van der Waals surface area contributed by atoms with E-state index in [0.29, 0.717) is 6.42 Å². The maximum atomic E-state index is 11.5. The number of aliphatic hydroxyl groups is 2. The highest BCUT2D eigenvalue weighted by molar-refractivity contribution is 5.94. The molecule has 0 rings (SSSR count). The Morgan fingerprint density at radius 1 is 1.24 bits per heavy atom. The van der Waals surface area contributed by atoms with Gasteiger partial charge in [0.05, 0.1) is 6.61 Å². The molecule has 0 aliphatic rings. The summed E-state index contributed by atoms with van der Waals surface area (Å²) in [5, 5.41) is 17.7. The minimum atomic E-state index is -1.39. The number of rotatable bonds is 8. The highest BCUT2D eigenvalue weighted by Gasteiger charge is 2.29. The first kappa shape index (κ1) is 15.9. The molecule has 0 radical (unpaired) electrons. The molecule has 0 spiro atoms. The summed E-state index contributed by atoms with van der Waals surface area (Å²) in [6, 6.07) is 0. The van der Waals surface area contributed by atoms with E-state index in [9.17, 15) is 9.59 Å². The smallest absolute Gasteiger partial charge is 0.322 e. The molecule has 6 heteroatoms. The van der Waals surface area contributed by atoms with Crippen molar-refractivity contribution in [3.05, 3.63) is 0 Å². The van der Waals surface area contributed by atoms with Crippen molar-refractivity contribution < 1.29 is 29.3 Å². The minimum absolute atomic E-state index is 0.0772. The third kappa shape index (κ3) is 6.23. The van der Waals surface area contributed by atoms with E-state index in [1.165, 1.54) is 0 Å². The van der Waals surface area contributed by atoms with Crippen molar-refractivity contribution in [2.75, 3.05) is 13.2 Å². The van der Waals surface area contributed by atoms with Crippen LogP contribution in [0.5, 0.6) is 0 Å². The number of hydrogen-bond donors (Lipinski definition) is 2. The Bertz CT molecular complexity index is 240. The van der Waals surface area contributed by atoms with E-state index in [-0.39, 0.29) is 26.1 Å². The Morgan fingerprint density at radius 3 is 2.35 bits per heavy atom. The van der Waals surface area contributed by atoms with E-state index < -0.39 is 24.1 Å². The molecular formula is C11H20O6. The lowest BCUT2D eigenvalue weighted by Gasteiger charge is -2.16. The molecule has 17 heavy (non-hydrogen) atoms. The van der Waals surface area contributed by atoms with Gasteiger partial charge in [0, 0.05) is 13.0 Å². The fourth-order valence-electron chi connectivity index (χ4n) is 1.12. The van der Waals surface area contributed by atoms with Gasteiger partial charge < -0.3 is 19.7 Å². The number of esters is 2. The van der Waals surface area contributed by atoms with Crippen molar-refractivity contribution in [1.29, 1.82) is 0 Å². The summed E-state index contributed by atoms with van der Waals surface area (Å²) >= 11 is 0. The van der Waals surface area contributed by atoms with Crippen LogP contribution < -0.4 is 0 Å². The van der Waals surface area contributed by atoms with Crippen LogP contribution in [-0.2, 0) is 19.1 Å². The molecule has 0 heterocycles. The molecule has 2 N–H and O–H groups in total. The number of hydrogen-bond acceptors (Lipinski definition) is 6. The van der Waals surface area contributed by atoms with E-state index in [2.05, 4.69) is 4.74 Å². The molecular weight excluding hydrogens is 228 g/mol. The number of carbonyl (C=O) groups is 2. The highest BCUT2D eigenvalue weighted by Crippen LogP contribution is 2.10. The fourth-order valence-corrected chi connectivity index (χ4v) is 1.12. The maximum Gasteiger partial charge on any atom is 0.322 e. The van der Waals surface area contributed by atoms with Crippen molar-refractivity contribution in [3.8, 4) is 0 Å². The first-order valence-corrected chi connectivity index (χ1v) is 5.72. The van der Waals surface area contributed by atoms with Crippen LogP contribution in [0.15, 0.2) is 0 Å².